The van der Waals surface area contributed by atoms with E-state index < -0.39 is 0 Å². The number of H-pyrrole nitrogens is 1. The first-order valence-electron chi connectivity index (χ1n) is 8.51. The average molecular weight is 315 g/mol. The van der Waals surface area contributed by atoms with Crippen molar-refractivity contribution in [1.82, 2.24) is 24.9 Å². The van der Waals surface area contributed by atoms with Crippen molar-refractivity contribution in [2.75, 3.05) is 6.54 Å². The van der Waals surface area contributed by atoms with Gasteiger partial charge < -0.3 is 4.90 Å². The molecule has 0 spiro atoms. The molecule has 0 saturated carbocycles. The van der Waals surface area contributed by atoms with Crippen molar-refractivity contribution >= 4 is 5.91 Å². The molecule has 2 aromatic heterocycles. The van der Waals surface area contributed by atoms with Crippen LogP contribution in [-0.4, -0.2) is 43.4 Å². The van der Waals surface area contributed by atoms with E-state index in [0.717, 1.165) is 56.5 Å². The first-order chi connectivity index (χ1) is 11.2. The number of likely N-dealkylation sites (tertiary alicyclic amines) is 1. The fraction of sp³-hybridized carbons (Fsp3) is 0.588. The number of carbonyl (C=O) groups excluding carboxylic acids is 1. The molecule has 0 radical (unpaired) electrons. The quantitative estimate of drug-likeness (QED) is 0.922. The Labute approximate surface area is 136 Å². The number of aromatic nitrogens is 4. The van der Waals surface area contributed by atoms with Gasteiger partial charge in [0, 0.05) is 18.4 Å². The van der Waals surface area contributed by atoms with Crippen LogP contribution in [0.1, 0.15) is 54.4 Å². The molecule has 3 heterocycles. The van der Waals surface area contributed by atoms with Crippen molar-refractivity contribution in [3.05, 3.63) is 35.4 Å². The fourth-order valence-electron chi connectivity index (χ4n) is 3.26. The molecule has 1 atom stereocenters. The highest BCUT2D eigenvalue weighted by atomic mass is 16.2. The van der Waals surface area contributed by atoms with Crippen LogP contribution in [0.4, 0.5) is 0 Å². The Hall–Kier alpha value is -2.11. The van der Waals surface area contributed by atoms with Crippen molar-refractivity contribution in [1.29, 1.82) is 0 Å². The monoisotopic (exact) mass is 315 g/mol. The molecule has 1 N–H and O–H groups in total. The summed E-state index contributed by atoms with van der Waals surface area (Å²) in [5.41, 5.74) is 2.72. The number of nitrogens with zero attached hydrogens (tertiary/aromatic N) is 4. The van der Waals surface area contributed by atoms with Gasteiger partial charge in [-0.1, -0.05) is 13.3 Å². The molecule has 1 aliphatic rings. The van der Waals surface area contributed by atoms with Crippen LogP contribution in [-0.2, 0) is 13.0 Å². The molecule has 1 fully saturated rings. The minimum Gasteiger partial charge on any atom is -0.332 e. The normalized spacial score (nSPS) is 18.3. The number of nitrogens with one attached hydrogen (secondary N) is 1. The van der Waals surface area contributed by atoms with E-state index >= 15 is 0 Å². The Bertz CT molecular complexity index is 659. The molecule has 1 saturated heterocycles. The van der Waals surface area contributed by atoms with Gasteiger partial charge in [-0.3, -0.25) is 14.6 Å². The highest BCUT2D eigenvalue weighted by Crippen LogP contribution is 2.21. The van der Waals surface area contributed by atoms with Crippen LogP contribution < -0.4 is 0 Å². The second-order valence-electron chi connectivity index (χ2n) is 6.42. The van der Waals surface area contributed by atoms with Crippen LogP contribution in [0.5, 0.6) is 0 Å². The number of hydrogen-bond acceptors (Lipinski definition) is 3. The number of aryl methyl sites for hydroxylation is 2. The summed E-state index contributed by atoms with van der Waals surface area (Å²) in [5, 5.41) is 11.6. The minimum absolute atomic E-state index is 0.0391. The fourth-order valence-corrected chi connectivity index (χ4v) is 3.26. The van der Waals surface area contributed by atoms with Gasteiger partial charge in [0.05, 0.1) is 18.8 Å². The molecule has 0 bridgehead atoms. The van der Waals surface area contributed by atoms with Gasteiger partial charge in [0.1, 0.15) is 5.69 Å². The van der Waals surface area contributed by atoms with Crippen molar-refractivity contribution in [3.8, 4) is 0 Å². The van der Waals surface area contributed by atoms with E-state index in [4.69, 9.17) is 0 Å². The molecule has 0 aromatic carbocycles. The molecule has 3 rings (SSSR count). The molecule has 1 aliphatic heterocycles. The van der Waals surface area contributed by atoms with E-state index in [-0.39, 0.29) is 11.9 Å². The van der Waals surface area contributed by atoms with Crippen molar-refractivity contribution in [3.63, 3.8) is 0 Å². The zero-order chi connectivity index (χ0) is 16.2. The first kappa shape index (κ1) is 15.8. The summed E-state index contributed by atoms with van der Waals surface area (Å²) in [4.78, 5) is 14.8. The van der Waals surface area contributed by atoms with Crippen LogP contribution in [0, 0.1) is 6.92 Å². The van der Waals surface area contributed by atoms with E-state index in [1.807, 2.05) is 35.0 Å². The summed E-state index contributed by atoms with van der Waals surface area (Å²) < 4.78 is 1.94. The van der Waals surface area contributed by atoms with Gasteiger partial charge in [-0.25, -0.2) is 0 Å². The molecular weight excluding hydrogens is 290 g/mol. The smallest absolute Gasteiger partial charge is 0.274 e. The third kappa shape index (κ3) is 3.63. The predicted molar refractivity (Wildman–Crippen MR) is 88.2 cm³/mol. The topological polar surface area (TPSA) is 66.8 Å². The lowest BCUT2D eigenvalue weighted by molar-refractivity contribution is 0.0578. The van der Waals surface area contributed by atoms with E-state index in [1.54, 1.807) is 0 Å². The Morgan fingerprint density at radius 1 is 1.43 bits per heavy atom. The van der Waals surface area contributed by atoms with E-state index in [0.29, 0.717) is 5.69 Å². The Balaban J connectivity index is 1.73. The largest absolute Gasteiger partial charge is 0.332 e. The van der Waals surface area contributed by atoms with Gasteiger partial charge >= 0.3 is 0 Å². The number of carbonyl (C=O) groups is 1. The first-order valence-corrected chi connectivity index (χ1v) is 8.51. The molecule has 0 unspecified atom stereocenters. The average Bonchev–Trinajstić information content (AvgIpc) is 3.17. The summed E-state index contributed by atoms with van der Waals surface area (Å²) in [6.45, 7) is 5.72. The Morgan fingerprint density at radius 3 is 3.04 bits per heavy atom. The lowest BCUT2D eigenvalue weighted by Gasteiger charge is -2.35. The van der Waals surface area contributed by atoms with Crippen LogP contribution in [0.2, 0.25) is 0 Å². The molecule has 2 aromatic rings. The summed E-state index contributed by atoms with van der Waals surface area (Å²) in [6, 6.07) is 2.09. The molecule has 6 nitrogen and oxygen atoms in total. The van der Waals surface area contributed by atoms with Crippen LogP contribution >= 0.6 is 0 Å². The number of amides is 1. The van der Waals surface area contributed by atoms with Gasteiger partial charge in [0.2, 0.25) is 0 Å². The second kappa shape index (κ2) is 6.98. The summed E-state index contributed by atoms with van der Waals surface area (Å²) >= 11 is 0. The lowest BCUT2D eigenvalue weighted by Crippen LogP contribution is -2.46. The van der Waals surface area contributed by atoms with Gasteiger partial charge in [0.25, 0.3) is 5.91 Å². The minimum atomic E-state index is 0.0391. The SMILES string of the molecule is CCCc1cc(C(=O)N2CCCC[C@H]2Cn2cc(C)cn2)n[nH]1. The maximum atomic E-state index is 12.8. The van der Waals surface area contributed by atoms with Crippen LogP contribution in [0.25, 0.3) is 0 Å². The third-order valence-electron chi connectivity index (χ3n) is 4.42. The van der Waals surface area contributed by atoms with Gasteiger partial charge in [-0.05, 0) is 44.2 Å². The second-order valence-corrected chi connectivity index (χ2v) is 6.42. The zero-order valence-electron chi connectivity index (χ0n) is 14.0. The Kier molecular flexibility index (Phi) is 4.79. The standard InChI is InChI=1S/C17H25N5O/c1-3-6-14-9-16(20-19-14)17(23)22-8-5-4-7-15(22)12-21-11-13(2)10-18-21/h9-11,15H,3-8,12H2,1-2H3,(H,19,20)/t15-/m0/s1. The van der Waals surface area contributed by atoms with Crippen molar-refractivity contribution in [2.24, 2.45) is 0 Å². The van der Waals surface area contributed by atoms with Gasteiger partial charge in [-0.15, -0.1) is 0 Å². The van der Waals surface area contributed by atoms with Crippen molar-refractivity contribution in [2.45, 2.75) is 58.5 Å². The number of rotatable bonds is 5. The Morgan fingerprint density at radius 2 is 2.30 bits per heavy atom. The molecule has 6 heteroatoms. The summed E-state index contributed by atoms with van der Waals surface area (Å²) in [7, 11) is 0. The van der Waals surface area contributed by atoms with Crippen LogP contribution in [0.3, 0.4) is 0 Å². The molecule has 0 aliphatic carbocycles. The van der Waals surface area contributed by atoms with E-state index in [9.17, 15) is 4.79 Å². The highest BCUT2D eigenvalue weighted by Gasteiger charge is 2.29. The van der Waals surface area contributed by atoms with Crippen molar-refractivity contribution < 1.29 is 4.79 Å². The lowest BCUT2D eigenvalue weighted by atomic mass is 10.0. The zero-order valence-corrected chi connectivity index (χ0v) is 14.0. The predicted octanol–water partition coefficient (Wildman–Crippen LogP) is 2.56. The molecule has 124 valence electrons. The van der Waals surface area contributed by atoms with E-state index in [1.165, 1.54) is 0 Å². The van der Waals surface area contributed by atoms with Gasteiger partial charge in [0.15, 0.2) is 0 Å². The maximum absolute atomic E-state index is 12.8. The number of hydrogen-bond donors (Lipinski definition) is 1. The molecule has 23 heavy (non-hydrogen) atoms. The number of aromatic amines is 1. The third-order valence-corrected chi connectivity index (χ3v) is 4.42. The van der Waals surface area contributed by atoms with Gasteiger partial charge in [-0.2, -0.15) is 10.2 Å². The number of piperidine rings is 1. The highest BCUT2D eigenvalue weighted by molar-refractivity contribution is 5.92. The summed E-state index contributed by atoms with van der Waals surface area (Å²) in [6.07, 6.45) is 9.11. The molecule has 1 amide bonds. The summed E-state index contributed by atoms with van der Waals surface area (Å²) in [5.74, 6) is 0.0391. The van der Waals surface area contributed by atoms with E-state index in [2.05, 4.69) is 22.2 Å². The van der Waals surface area contributed by atoms with Crippen LogP contribution in [0.15, 0.2) is 18.5 Å². The molecular formula is C17H25N5O. The maximum Gasteiger partial charge on any atom is 0.274 e.